The number of rotatable bonds is 3. The van der Waals surface area contributed by atoms with Gasteiger partial charge in [-0.05, 0) is 11.8 Å². The molecule has 0 spiro atoms. The smallest absolute Gasteiger partial charge is 0.328 e. The third-order valence-corrected chi connectivity index (χ3v) is 3.45. The van der Waals surface area contributed by atoms with E-state index in [4.69, 9.17) is 4.74 Å². The minimum atomic E-state index is -0.857. The summed E-state index contributed by atoms with van der Waals surface area (Å²) in [5, 5.41) is 11.1. The first-order chi connectivity index (χ1) is 8.84. The number of ether oxygens (including phenoxy) is 1. The fourth-order valence-electron chi connectivity index (χ4n) is 2.42. The normalized spacial score (nSPS) is 17.6. The molecule has 1 fully saturated rings. The van der Waals surface area contributed by atoms with E-state index in [-0.39, 0.29) is 5.41 Å². The Morgan fingerprint density at radius 3 is 2.63 bits per heavy atom. The highest BCUT2D eigenvalue weighted by atomic mass is 19.1. The third kappa shape index (κ3) is 2.62. The van der Waals surface area contributed by atoms with Crippen LogP contribution in [-0.2, 0) is 0 Å². The van der Waals surface area contributed by atoms with Gasteiger partial charge in [0.1, 0.15) is 11.4 Å². The van der Waals surface area contributed by atoms with E-state index in [1.807, 2.05) is 4.90 Å². The van der Waals surface area contributed by atoms with Crippen LogP contribution in [0.25, 0.3) is 0 Å². The van der Waals surface area contributed by atoms with Crippen LogP contribution in [0.2, 0.25) is 0 Å². The molecule has 0 unspecified atom stereocenters. The summed E-state index contributed by atoms with van der Waals surface area (Å²) < 4.78 is 18.8. The first-order valence-electron chi connectivity index (χ1n) is 6.11. The number of nitrogens with zero attached hydrogens (tertiary/aromatic N) is 2. The van der Waals surface area contributed by atoms with E-state index in [0.717, 1.165) is 12.5 Å². The molecule has 6 heteroatoms. The quantitative estimate of drug-likeness (QED) is 0.624. The van der Waals surface area contributed by atoms with Gasteiger partial charge in [-0.15, -0.1) is 0 Å². The molecule has 104 valence electrons. The van der Waals surface area contributed by atoms with E-state index in [1.165, 1.54) is 13.2 Å². The molecule has 1 aliphatic rings. The maximum absolute atomic E-state index is 13.8. The number of hydrogen-bond acceptors (Lipinski definition) is 4. The van der Waals surface area contributed by atoms with Crippen LogP contribution in [0.1, 0.15) is 20.3 Å². The van der Waals surface area contributed by atoms with Gasteiger partial charge < -0.3 is 9.64 Å². The summed E-state index contributed by atoms with van der Waals surface area (Å²) >= 11 is 0. The van der Waals surface area contributed by atoms with E-state index in [0.29, 0.717) is 24.5 Å². The van der Waals surface area contributed by atoms with Crippen LogP contribution in [-0.4, -0.2) is 25.1 Å². The van der Waals surface area contributed by atoms with Gasteiger partial charge in [0, 0.05) is 25.2 Å². The van der Waals surface area contributed by atoms with E-state index >= 15 is 0 Å². The van der Waals surface area contributed by atoms with Crippen LogP contribution in [0, 0.1) is 21.3 Å². The molecular weight excluding hydrogens is 251 g/mol. The summed E-state index contributed by atoms with van der Waals surface area (Å²) in [6.45, 7) is 5.53. The lowest BCUT2D eigenvalue weighted by atomic mass is 9.93. The first-order valence-corrected chi connectivity index (χ1v) is 6.11. The Bertz CT molecular complexity index is 517. The number of anilines is 1. The molecule has 0 amide bonds. The van der Waals surface area contributed by atoms with Crippen molar-refractivity contribution in [3.05, 3.63) is 28.1 Å². The fourth-order valence-corrected chi connectivity index (χ4v) is 2.42. The Kier molecular flexibility index (Phi) is 3.34. The Hall–Kier alpha value is -1.85. The second-order valence-corrected chi connectivity index (χ2v) is 5.57. The largest absolute Gasteiger partial charge is 0.497 e. The van der Waals surface area contributed by atoms with Crippen LogP contribution in [0.4, 0.5) is 15.8 Å². The summed E-state index contributed by atoms with van der Waals surface area (Å²) in [5.74, 6) is -0.563. The Morgan fingerprint density at radius 2 is 2.16 bits per heavy atom. The number of benzene rings is 1. The predicted molar refractivity (Wildman–Crippen MR) is 70.2 cm³/mol. The summed E-state index contributed by atoms with van der Waals surface area (Å²) in [6, 6.07) is 2.57. The maximum atomic E-state index is 13.8. The molecule has 19 heavy (non-hydrogen) atoms. The molecule has 1 heterocycles. The van der Waals surface area contributed by atoms with Crippen molar-refractivity contribution in [2.45, 2.75) is 20.3 Å². The molecule has 0 N–H and O–H groups in total. The molecule has 0 bridgehead atoms. The number of nitro benzene ring substituents is 1. The molecule has 5 nitrogen and oxygen atoms in total. The van der Waals surface area contributed by atoms with Crippen molar-refractivity contribution in [2.75, 3.05) is 25.1 Å². The maximum Gasteiger partial charge on any atom is 0.328 e. The molecule has 0 aliphatic carbocycles. The zero-order valence-electron chi connectivity index (χ0n) is 11.3. The number of halogens is 1. The van der Waals surface area contributed by atoms with Crippen molar-refractivity contribution in [2.24, 2.45) is 5.41 Å². The van der Waals surface area contributed by atoms with Gasteiger partial charge in [-0.1, -0.05) is 13.8 Å². The number of hydrogen-bond donors (Lipinski definition) is 0. The highest BCUT2D eigenvalue weighted by Crippen LogP contribution is 2.40. The van der Waals surface area contributed by atoms with Crippen LogP contribution >= 0.6 is 0 Å². The monoisotopic (exact) mass is 268 g/mol. The van der Waals surface area contributed by atoms with Crippen molar-refractivity contribution in [3.63, 3.8) is 0 Å². The topological polar surface area (TPSA) is 55.6 Å². The molecule has 1 aliphatic heterocycles. The van der Waals surface area contributed by atoms with Gasteiger partial charge in [0.25, 0.3) is 0 Å². The van der Waals surface area contributed by atoms with Crippen LogP contribution in [0.15, 0.2) is 12.1 Å². The lowest BCUT2D eigenvalue weighted by molar-refractivity contribution is -0.386. The fraction of sp³-hybridized carbons (Fsp3) is 0.538. The number of methoxy groups -OCH3 is 1. The average molecular weight is 268 g/mol. The summed E-state index contributed by atoms with van der Waals surface area (Å²) in [4.78, 5) is 12.2. The molecule has 1 aromatic rings. The Balaban J connectivity index is 2.48. The van der Waals surface area contributed by atoms with Gasteiger partial charge in [0.2, 0.25) is 5.82 Å². The summed E-state index contributed by atoms with van der Waals surface area (Å²) in [5.41, 5.74) is -0.0983. The summed E-state index contributed by atoms with van der Waals surface area (Å²) in [6.07, 6.45) is 0.920. The zero-order chi connectivity index (χ0) is 14.2. The average Bonchev–Trinajstić information content (AvgIpc) is 2.67. The minimum Gasteiger partial charge on any atom is -0.497 e. The van der Waals surface area contributed by atoms with Gasteiger partial charge in [0.05, 0.1) is 12.0 Å². The SMILES string of the molecule is COc1cc(F)c([N+](=O)[O-])c(N2CCC(C)(C)C2)c1. The van der Waals surface area contributed by atoms with E-state index in [2.05, 4.69) is 13.8 Å². The molecule has 0 radical (unpaired) electrons. The van der Waals surface area contributed by atoms with Gasteiger partial charge >= 0.3 is 5.69 Å². The number of nitro groups is 1. The van der Waals surface area contributed by atoms with Gasteiger partial charge in [-0.25, -0.2) is 0 Å². The van der Waals surface area contributed by atoms with Crippen LogP contribution in [0.5, 0.6) is 5.75 Å². The highest BCUT2D eigenvalue weighted by molar-refractivity contribution is 5.67. The third-order valence-electron chi connectivity index (χ3n) is 3.45. The lowest BCUT2D eigenvalue weighted by Crippen LogP contribution is -2.23. The first kappa shape index (κ1) is 13.6. The molecule has 0 aromatic heterocycles. The van der Waals surface area contributed by atoms with Crippen molar-refractivity contribution < 1.29 is 14.1 Å². The van der Waals surface area contributed by atoms with E-state index < -0.39 is 16.4 Å². The van der Waals surface area contributed by atoms with E-state index in [1.54, 1.807) is 0 Å². The Morgan fingerprint density at radius 1 is 1.47 bits per heavy atom. The molecular formula is C13H17FN2O3. The van der Waals surface area contributed by atoms with Crippen LogP contribution in [0.3, 0.4) is 0 Å². The van der Waals surface area contributed by atoms with Crippen molar-refractivity contribution in [1.29, 1.82) is 0 Å². The molecule has 0 atom stereocenters. The standard InChI is InChI=1S/C13H17FN2O3/c1-13(2)4-5-15(8-13)11-7-9(19-3)6-10(14)12(11)16(17)18/h6-7H,4-5,8H2,1-3H3. The zero-order valence-corrected chi connectivity index (χ0v) is 11.3. The van der Waals surface area contributed by atoms with Crippen molar-refractivity contribution in [1.82, 2.24) is 0 Å². The second kappa shape index (κ2) is 4.68. The summed E-state index contributed by atoms with van der Waals surface area (Å²) in [7, 11) is 1.41. The lowest BCUT2D eigenvalue weighted by Gasteiger charge is -2.22. The minimum absolute atomic E-state index is 0.0768. The van der Waals surface area contributed by atoms with Crippen LogP contribution < -0.4 is 9.64 Å². The van der Waals surface area contributed by atoms with Crippen molar-refractivity contribution >= 4 is 11.4 Å². The van der Waals surface area contributed by atoms with Gasteiger partial charge in [-0.2, -0.15) is 4.39 Å². The predicted octanol–water partition coefficient (Wildman–Crippen LogP) is 2.98. The van der Waals surface area contributed by atoms with E-state index in [9.17, 15) is 14.5 Å². The van der Waals surface area contributed by atoms with Gasteiger partial charge in [-0.3, -0.25) is 10.1 Å². The van der Waals surface area contributed by atoms with Gasteiger partial charge in [0.15, 0.2) is 0 Å². The molecule has 1 aromatic carbocycles. The van der Waals surface area contributed by atoms with Crippen molar-refractivity contribution in [3.8, 4) is 5.75 Å². The molecule has 2 rings (SSSR count). The highest BCUT2D eigenvalue weighted by Gasteiger charge is 2.34. The second-order valence-electron chi connectivity index (χ2n) is 5.57. The molecule has 0 saturated carbocycles. The Labute approximate surface area is 111 Å². The molecule has 1 saturated heterocycles.